The minimum Gasteiger partial charge on any atom is -0.378 e. The third-order valence-electron chi connectivity index (χ3n) is 3.55. The van der Waals surface area contributed by atoms with Crippen LogP contribution in [0, 0.1) is 0 Å². The number of ether oxygens (including phenoxy) is 1. The summed E-state index contributed by atoms with van der Waals surface area (Å²) < 4.78 is 5.46. The summed E-state index contributed by atoms with van der Waals surface area (Å²) in [6.45, 7) is 4.02. The van der Waals surface area contributed by atoms with Crippen molar-refractivity contribution in [1.29, 1.82) is 0 Å². The molecule has 0 aromatic heterocycles. The minimum atomic E-state index is 0. The number of hydrogen-bond donors (Lipinski definition) is 2. The Balaban J connectivity index is 0.00000144. The van der Waals surface area contributed by atoms with Crippen LogP contribution in [0.5, 0.6) is 0 Å². The lowest BCUT2D eigenvalue weighted by atomic mass is 9.99. The van der Waals surface area contributed by atoms with E-state index in [1.807, 2.05) is 0 Å². The molecule has 0 aromatic rings. The van der Waals surface area contributed by atoms with E-state index in [0.29, 0.717) is 18.5 Å². The zero-order valence-electron chi connectivity index (χ0n) is 10.4. The second kappa shape index (κ2) is 7.19. The summed E-state index contributed by atoms with van der Waals surface area (Å²) in [5, 5.41) is 6.50. The van der Waals surface area contributed by atoms with Crippen molar-refractivity contribution >= 4 is 18.3 Å². The standard InChI is InChI=1S/C12H22N2O2.ClH/c1-9-11(5-2-6-13-9)14-12(15)8-10-4-3-7-16-10;/h9-11,13H,2-8H2,1H3,(H,14,15);1H. The Morgan fingerprint density at radius 1 is 1.41 bits per heavy atom. The molecule has 2 rings (SSSR count). The number of carbonyl (C=O) groups excluding carboxylic acids is 1. The predicted molar refractivity (Wildman–Crippen MR) is 69.5 cm³/mol. The Bertz CT molecular complexity index is 245. The van der Waals surface area contributed by atoms with Crippen molar-refractivity contribution in [2.45, 2.75) is 57.2 Å². The average Bonchev–Trinajstić information content (AvgIpc) is 2.74. The van der Waals surface area contributed by atoms with Gasteiger partial charge >= 0.3 is 0 Å². The zero-order chi connectivity index (χ0) is 11.4. The van der Waals surface area contributed by atoms with E-state index >= 15 is 0 Å². The predicted octanol–water partition coefficient (Wildman–Crippen LogP) is 1.23. The van der Waals surface area contributed by atoms with E-state index in [0.717, 1.165) is 38.8 Å². The van der Waals surface area contributed by atoms with Crippen molar-refractivity contribution in [2.24, 2.45) is 0 Å². The Morgan fingerprint density at radius 2 is 2.24 bits per heavy atom. The summed E-state index contributed by atoms with van der Waals surface area (Å²) in [7, 11) is 0. The Kier molecular flexibility index (Phi) is 6.23. The van der Waals surface area contributed by atoms with Gasteiger partial charge in [0.25, 0.3) is 0 Å². The molecule has 0 radical (unpaired) electrons. The second-order valence-corrected chi connectivity index (χ2v) is 4.90. The molecular formula is C12H23ClN2O2. The third-order valence-corrected chi connectivity index (χ3v) is 3.55. The van der Waals surface area contributed by atoms with Gasteiger partial charge in [0.1, 0.15) is 0 Å². The zero-order valence-corrected chi connectivity index (χ0v) is 11.2. The van der Waals surface area contributed by atoms with Crippen molar-refractivity contribution in [1.82, 2.24) is 10.6 Å². The van der Waals surface area contributed by atoms with E-state index in [4.69, 9.17) is 4.74 Å². The quantitative estimate of drug-likeness (QED) is 0.805. The van der Waals surface area contributed by atoms with Crippen LogP contribution in [-0.2, 0) is 9.53 Å². The Labute approximate surface area is 109 Å². The average molecular weight is 263 g/mol. The molecule has 2 N–H and O–H groups in total. The van der Waals surface area contributed by atoms with Gasteiger partial charge in [0.05, 0.1) is 12.5 Å². The summed E-state index contributed by atoms with van der Waals surface area (Å²) in [6, 6.07) is 0.685. The normalized spacial score (nSPS) is 32.9. The minimum absolute atomic E-state index is 0. The molecule has 2 fully saturated rings. The smallest absolute Gasteiger partial charge is 0.222 e. The molecule has 0 saturated carbocycles. The highest BCUT2D eigenvalue weighted by molar-refractivity contribution is 5.85. The van der Waals surface area contributed by atoms with E-state index in [1.165, 1.54) is 0 Å². The SMILES string of the molecule is CC1NCCCC1NC(=O)CC1CCCO1.Cl. The maximum Gasteiger partial charge on any atom is 0.222 e. The molecule has 0 spiro atoms. The molecule has 2 aliphatic rings. The first kappa shape index (κ1) is 14.7. The van der Waals surface area contributed by atoms with Crippen LogP contribution in [0.4, 0.5) is 0 Å². The van der Waals surface area contributed by atoms with Crippen LogP contribution in [0.25, 0.3) is 0 Å². The summed E-state index contributed by atoms with van der Waals surface area (Å²) in [5.74, 6) is 0.146. The van der Waals surface area contributed by atoms with Crippen LogP contribution in [0.3, 0.4) is 0 Å². The number of amides is 1. The lowest BCUT2D eigenvalue weighted by molar-refractivity contribution is -0.124. The monoisotopic (exact) mass is 262 g/mol. The Morgan fingerprint density at radius 3 is 2.88 bits per heavy atom. The van der Waals surface area contributed by atoms with Crippen molar-refractivity contribution in [3.63, 3.8) is 0 Å². The summed E-state index contributed by atoms with van der Waals surface area (Å²) >= 11 is 0. The largest absolute Gasteiger partial charge is 0.378 e. The van der Waals surface area contributed by atoms with Gasteiger partial charge in [-0.2, -0.15) is 0 Å². The van der Waals surface area contributed by atoms with Crippen molar-refractivity contribution in [2.75, 3.05) is 13.2 Å². The fourth-order valence-electron chi connectivity index (χ4n) is 2.52. The highest BCUT2D eigenvalue weighted by Crippen LogP contribution is 2.15. The molecule has 2 saturated heterocycles. The van der Waals surface area contributed by atoms with E-state index in [1.54, 1.807) is 0 Å². The first-order chi connectivity index (χ1) is 7.75. The molecule has 1 amide bonds. The maximum atomic E-state index is 11.8. The third kappa shape index (κ3) is 4.45. The van der Waals surface area contributed by atoms with E-state index in [-0.39, 0.29) is 24.4 Å². The number of piperidine rings is 1. The number of rotatable bonds is 3. The number of hydrogen-bond acceptors (Lipinski definition) is 3. The lowest BCUT2D eigenvalue weighted by Crippen LogP contribution is -2.52. The highest BCUT2D eigenvalue weighted by atomic mass is 35.5. The summed E-state index contributed by atoms with van der Waals surface area (Å²) in [4.78, 5) is 11.8. The van der Waals surface area contributed by atoms with Gasteiger partial charge in [-0.25, -0.2) is 0 Å². The molecule has 3 unspecified atom stereocenters. The van der Waals surface area contributed by atoms with E-state index in [9.17, 15) is 4.79 Å². The lowest BCUT2D eigenvalue weighted by Gasteiger charge is -2.30. The van der Waals surface area contributed by atoms with Crippen LogP contribution >= 0.6 is 12.4 Å². The topological polar surface area (TPSA) is 50.4 Å². The molecule has 100 valence electrons. The molecule has 0 aliphatic carbocycles. The molecule has 3 atom stereocenters. The van der Waals surface area contributed by atoms with Gasteiger partial charge in [-0.15, -0.1) is 12.4 Å². The molecule has 0 aromatic carbocycles. The van der Waals surface area contributed by atoms with Gasteiger partial charge in [-0.05, 0) is 39.2 Å². The number of nitrogens with one attached hydrogen (secondary N) is 2. The first-order valence-electron chi connectivity index (χ1n) is 6.40. The molecule has 0 bridgehead atoms. The van der Waals surface area contributed by atoms with Crippen molar-refractivity contribution < 1.29 is 9.53 Å². The van der Waals surface area contributed by atoms with Crippen molar-refractivity contribution in [3.8, 4) is 0 Å². The van der Waals surface area contributed by atoms with E-state index < -0.39 is 0 Å². The second-order valence-electron chi connectivity index (χ2n) is 4.90. The van der Waals surface area contributed by atoms with Gasteiger partial charge in [-0.3, -0.25) is 4.79 Å². The van der Waals surface area contributed by atoms with Crippen LogP contribution < -0.4 is 10.6 Å². The fourth-order valence-corrected chi connectivity index (χ4v) is 2.52. The number of halogens is 1. The fraction of sp³-hybridized carbons (Fsp3) is 0.917. The van der Waals surface area contributed by atoms with Gasteiger partial charge in [0, 0.05) is 18.7 Å². The molecule has 4 nitrogen and oxygen atoms in total. The summed E-state index contributed by atoms with van der Waals surface area (Å²) in [5.41, 5.74) is 0. The molecular weight excluding hydrogens is 240 g/mol. The molecule has 2 aliphatic heterocycles. The van der Waals surface area contributed by atoms with Crippen molar-refractivity contribution in [3.05, 3.63) is 0 Å². The van der Waals surface area contributed by atoms with Gasteiger partial charge < -0.3 is 15.4 Å². The van der Waals surface area contributed by atoms with Crippen LogP contribution in [-0.4, -0.2) is 37.2 Å². The van der Waals surface area contributed by atoms with E-state index in [2.05, 4.69) is 17.6 Å². The molecule has 17 heavy (non-hydrogen) atoms. The summed E-state index contributed by atoms with van der Waals surface area (Å²) in [6.07, 6.45) is 5.06. The van der Waals surface area contributed by atoms with Crippen LogP contribution in [0.2, 0.25) is 0 Å². The molecule has 2 heterocycles. The van der Waals surface area contributed by atoms with Crippen LogP contribution in [0.1, 0.15) is 39.0 Å². The van der Waals surface area contributed by atoms with Gasteiger partial charge in [-0.1, -0.05) is 0 Å². The number of carbonyl (C=O) groups is 1. The van der Waals surface area contributed by atoms with Crippen LogP contribution in [0.15, 0.2) is 0 Å². The van der Waals surface area contributed by atoms with Gasteiger partial charge in [0.15, 0.2) is 0 Å². The molecule has 5 heteroatoms. The Hall–Kier alpha value is -0.320. The maximum absolute atomic E-state index is 11.8. The highest BCUT2D eigenvalue weighted by Gasteiger charge is 2.24. The first-order valence-corrected chi connectivity index (χ1v) is 6.40. The van der Waals surface area contributed by atoms with Gasteiger partial charge in [0.2, 0.25) is 5.91 Å².